The number of benzene rings is 1. The fourth-order valence-electron chi connectivity index (χ4n) is 3.35. The van der Waals surface area contributed by atoms with Crippen molar-refractivity contribution in [2.75, 3.05) is 11.9 Å². The first kappa shape index (κ1) is 14.0. The van der Waals surface area contributed by atoms with E-state index in [1.54, 1.807) is 0 Å². The predicted octanol–water partition coefficient (Wildman–Crippen LogP) is 4.85. The zero-order chi connectivity index (χ0) is 13.3. The van der Waals surface area contributed by atoms with Crippen molar-refractivity contribution < 1.29 is 4.74 Å². The van der Waals surface area contributed by atoms with E-state index in [0.717, 1.165) is 24.5 Å². The summed E-state index contributed by atoms with van der Waals surface area (Å²) in [6, 6.07) is 6.58. The summed E-state index contributed by atoms with van der Waals surface area (Å²) >= 11 is 8.35. The van der Waals surface area contributed by atoms with Gasteiger partial charge in [0.1, 0.15) is 0 Å². The highest BCUT2D eigenvalue weighted by Gasteiger charge is 2.39. The number of hydrogen-bond donors (Lipinski definition) is 1. The Kier molecular flexibility index (Phi) is 4.25. The number of rotatable bonds is 2. The van der Waals surface area contributed by atoms with Crippen LogP contribution in [0.2, 0.25) is 5.02 Å². The third-order valence-electron chi connectivity index (χ3n) is 4.30. The van der Waals surface area contributed by atoms with E-state index in [4.69, 9.17) is 16.3 Å². The maximum absolute atomic E-state index is 6.08. The van der Waals surface area contributed by atoms with Gasteiger partial charge >= 0.3 is 0 Å². The van der Waals surface area contributed by atoms with Gasteiger partial charge in [-0.05, 0) is 66.5 Å². The van der Waals surface area contributed by atoms with Gasteiger partial charge in [-0.1, -0.05) is 24.4 Å². The molecule has 0 amide bonds. The highest BCUT2D eigenvalue weighted by molar-refractivity contribution is 14.1. The second kappa shape index (κ2) is 5.78. The van der Waals surface area contributed by atoms with Gasteiger partial charge in [0, 0.05) is 26.9 Å². The van der Waals surface area contributed by atoms with E-state index in [9.17, 15) is 0 Å². The molecule has 1 heterocycles. The lowest BCUT2D eigenvalue weighted by Crippen LogP contribution is -2.42. The molecule has 0 aromatic heterocycles. The van der Waals surface area contributed by atoms with E-state index in [1.165, 1.54) is 34.9 Å². The fourth-order valence-corrected chi connectivity index (χ4v) is 4.37. The Hall–Kier alpha value is -0.000000000000000111. The first-order valence-corrected chi connectivity index (χ1v) is 8.48. The zero-order valence-corrected chi connectivity index (χ0v) is 13.8. The average molecular weight is 392 g/mol. The SMILES string of the molecule is Clc1ccc(NC2CCOC3(CCCC3)C2)c(I)c1. The molecule has 2 fully saturated rings. The molecule has 1 unspecified atom stereocenters. The Labute approximate surface area is 133 Å². The van der Waals surface area contributed by atoms with Gasteiger partial charge < -0.3 is 10.1 Å². The van der Waals surface area contributed by atoms with Crippen molar-refractivity contribution in [3.05, 3.63) is 26.8 Å². The summed E-state index contributed by atoms with van der Waals surface area (Å²) in [6.07, 6.45) is 7.37. The topological polar surface area (TPSA) is 21.3 Å². The minimum Gasteiger partial charge on any atom is -0.381 e. The Morgan fingerprint density at radius 1 is 1.32 bits per heavy atom. The van der Waals surface area contributed by atoms with Gasteiger partial charge in [0.25, 0.3) is 0 Å². The van der Waals surface area contributed by atoms with Gasteiger partial charge in [-0.25, -0.2) is 0 Å². The summed E-state index contributed by atoms with van der Waals surface area (Å²) in [7, 11) is 0. The first-order valence-electron chi connectivity index (χ1n) is 7.02. The molecule has 1 aliphatic carbocycles. The van der Waals surface area contributed by atoms with E-state index < -0.39 is 0 Å². The molecule has 3 rings (SSSR count). The summed E-state index contributed by atoms with van der Waals surface area (Å²) in [6.45, 7) is 0.891. The minimum atomic E-state index is 0.174. The fraction of sp³-hybridized carbons (Fsp3) is 0.600. The van der Waals surface area contributed by atoms with Crippen LogP contribution in [0, 0.1) is 3.57 Å². The Bertz CT molecular complexity index is 459. The van der Waals surface area contributed by atoms with E-state index >= 15 is 0 Å². The number of halogens is 2. The molecular weight excluding hydrogens is 373 g/mol. The highest BCUT2D eigenvalue weighted by atomic mass is 127. The van der Waals surface area contributed by atoms with E-state index in [2.05, 4.69) is 34.0 Å². The zero-order valence-electron chi connectivity index (χ0n) is 10.9. The van der Waals surface area contributed by atoms with Crippen LogP contribution in [0.1, 0.15) is 38.5 Å². The Balaban J connectivity index is 1.69. The van der Waals surface area contributed by atoms with Crippen molar-refractivity contribution in [2.45, 2.75) is 50.2 Å². The minimum absolute atomic E-state index is 0.174. The van der Waals surface area contributed by atoms with Crippen molar-refractivity contribution in [1.82, 2.24) is 0 Å². The average Bonchev–Trinajstić information content (AvgIpc) is 2.81. The van der Waals surface area contributed by atoms with Crippen molar-refractivity contribution in [2.24, 2.45) is 0 Å². The Morgan fingerprint density at radius 2 is 2.11 bits per heavy atom. The predicted molar refractivity (Wildman–Crippen MR) is 88.0 cm³/mol. The lowest BCUT2D eigenvalue weighted by molar-refractivity contribution is -0.0767. The number of hydrogen-bond acceptors (Lipinski definition) is 2. The lowest BCUT2D eigenvalue weighted by Gasteiger charge is -2.39. The van der Waals surface area contributed by atoms with Crippen LogP contribution in [0.3, 0.4) is 0 Å². The maximum Gasteiger partial charge on any atom is 0.0702 e. The molecular formula is C15H19ClINO. The molecule has 104 valence electrons. The molecule has 1 saturated heterocycles. The van der Waals surface area contributed by atoms with Gasteiger partial charge in [-0.3, -0.25) is 0 Å². The summed E-state index contributed by atoms with van der Waals surface area (Å²) in [5.41, 5.74) is 1.37. The summed E-state index contributed by atoms with van der Waals surface area (Å²) < 4.78 is 7.27. The molecule has 1 N–H and O–H groups in total. The largest absolute Gasteiger partial charge is 0.381 e. The van der Waals surface area contributed by atoms with Crippen LogP contribution in [-0.2, 0) is 4.74 Å². The third-order valence-corrected chi connectivity index (χ3v) is 5.43. The number of ether oxygens (including phenoxy) is 1. The summed E-state index contributed by atoms with van der Waals surface area (Å²) in [5, 5.41) is 4.48. The van der Waals surface area contributed by atoms with Crippen molar-refractivity contribution in [1.29, 1.82) is 0 Å². The molecule has 1 atom stereocenters. The van der Waals surface area contributed by atoms with Crippen LogP contribution in [0.25, 0.3) is 0 Å². The van der Waals surface area contributed by atoms with Gasteiger partial charge in [-0.15, -0.1) is 0 Å². The molecule has 19 heavy (non-hydrogen) atoms. The molecule has 1 aliphatic heterocycles. The number of anilines is 1. The van der Waals surface area contributed by atoms with Crippen LogP contribution in [0.15, 0.2) is 18.2 Å². The normalized spacial score (nSPS) is 25.7. The van der Waals surface area contributed by atoms with Crippen LogP contribution in [-0.4, -0.2) is 18.2 Å². The first-order chi connectivity index (χ1) is 9.17. The summed E-state index contributed by atoms with van der Waals surface area (Å²) in [4.78, 5) is 0. The molecule has 0 bridgehead atoms. The van der Waals surface area contributed by atoms with E-state index in [0.29, 0.717) is 6.04 Å². The van der Waals surface area contributed by atoms with Gasteiger partial charge in [0.2, 0.25) is 0 Å². The second-order valence-electron chi connectivity index (χ2n) is 5.70. The Morgan fingerprint density at radius 3 is 2.84 bits per heavy atom. The standard InChI is InChI=1S/C15H19ClINO/c16-11-3-4-14(13(17)9-11)18-12-5-8-19-15(10-12)6-1-2-7-15/h3-4,9,12,18H,1-2,5-8,10H2. The van der Waals surface area contributed by atoms with Crippen LogP contribution < -0.4 is 5.32 Å². The van der Waals surface area contributed by atoms with Crippen LogP contribution in [0.5, 0.6) is 0 Å². The smallest absolute Gasteiger partial charge is 0.0702 e. The maximum atomic E-state index is 6.08. The molecule has 0 radical (unpaired) electrons. The molecule has 2 nitrogen and oxygen atoms in total. The molecule has 1 aromatic rings. The van der Waals surface area contributed by atoms with Gasteiger partial charge in [-0.2, -0.15) is 0 Å². The van der Waals surface area contributed by atoms with Gasteiger partial charge in [0.05, 0.1) is 5.60 Å². The van der Waals surface area contributed by atoms with E-state index in [1.807, 2.05) is 12.1 Å². The van der Waals surface area contributed by atoms with E-state index in [-0.39, 0.29) is 5.60 Å². The lowest BCUT2D eigenvalue weighted by atomic mass is 9.89. The molecule has 4 heteroatoms. The van der Waals surface area contributed by atoms with Gasteiger partial charge in [0.15, 0.2) is 0 Å². The highest BCUT2D eigenvalue weighted by Crippen LogP contribution is 2.40. The van der Waals surface area contributed by atoms with Crippen LogP contribution >= 0.6 is 34.2 Å². The van der Waals surface area contributed by atoms with Crippen LogP contribution in [0.4, 0.5) is 5.69 Å². The molecule has 1 spiro atoms. The quantitative estimate of drug-likeness (QED) is 0.728. The van der Waals surface area contributed by atoms with Crippen molar-refractivity contribution >= 4 is 39.9 Å². The second-order valence-corrected chi connectivity index (χ2v) is 7.30. The molecule has 1 saturated carbocycles. The number of nitrogens with one attached hydrogen (secondary N) is 1. The monoisotopic (exact) mass is 391 g/mol. The van der Waals surface area contributed by atoms with Crippen molar-refractivity contribution in [3.8, 4) is 0 Å². The molecule has 2 aliphatic rings. The molecule has 1 aromatic carbocycles. The third kappa shape index (κ3) is 3.19. The summed E-state index contributed by atoms with van der Waals surface area (Å²) in [5.74, 6) is 0. The van der Waals surface area contributed by atoms with Crippen molar-refractivity contribution in [3.63, 3.8) is 0 Å².